The van der Waals surface area contributed by atoms with Gasteiger partial charge in [-0.25, -0.2) is 0 Å². The minimum absolute atomic E-state index is 0.110. The first kappa shape index (κ1) is 15.1. The Labute approximate surface area is 126 Å². The van der Waals surface area contributed by atoms with Crippen molar-refractivity contribution in [1.29, 1.82) is 0 Å². The molecule has 0 aliphatic carbocycles. The van der Waals surface area contributed by atoms with E-state index in [9.17, 15) is 0 Å². The van der Waals surface area contributed by atoms with Gasteiger partial charge in [0, 0.05) is 0 Å². The van der Waals surface area contributed by atoms with Gasteiger partial charge in [-0.15, -0.1) is 0 Å². The zero-order chi connectivity index (χ0) is 11.5. The molecule has 0 saturated carbocycles. The molecule has 0 N–H and O–H groups in total. The van der Waals surface area contributed by atoms with E-state index in [-0.39, 0.29) is 5.41 Å². The molecule has 15 heavy (non-hydrogen) atoms. The van der Waals surface area contributed by atoms with Crippen LogP contribution in [0.15, 0.2) is 30.3 Å². The van der Waals surface area contributed by atoms with Crippen LogP contribution >= 0.6 is 57.6 Å². The van der Waals surface area contributed by atoms with Crippen molar-refractivity contribution >= 4 is 57.6 Å². The molecule has 0 atom stereocenters. The van der Waals surface area contributed by atoms with Crippen molar-refractivity contribution in [2.24, 2.45) is 0 Å². The van der Waals surface area contributed by atoms with E-state index in [4.69, 9.17) is 3.32 Å². The summed E-state index contributed by atoms with van der Waals surface area (Å²) in [6, 6.07) is 10.6. The Bertz CT molecular complexity index is 308. The Morgan fingerprint density at radius 3 is 2.13 bits per heavy atom. The molecule has 0 saturated heterocycles. The summed E-state index contributed by atoms with van der Waals surface area (Å²) in [5, 5.41) is 0. The minimum atomic E-state index is -1.96. The van der Waals surface area contributed by atoms with Crippen molar-refractivity contribution in [2.75, 3.05) is 6.61 Å². The van der Waals surface area contributed by atoms with Gasteiger partial charge < -0.3 is 0 Å². The van der Waals surface area contributed by atoms with Crippen LogP contribution in [0, 0.1) is 0 Å². The second-order valence-electron chi connectivity index (χ2n) is 3.98. The molecule has 0 heterocycles. The molecule has 1 rings (SSSR count). The molecule has 0 radical (unpaired) electrons. The molecule has 0 amide bonds. The van der Waals surface area contributed by atoms with Crippen LogP contribution in [0.2, 0.25) is 0 Å². The Morgan fingerprint density at radius 2 is 1.67 bits per heavy atom. The zero-order valence-corrected chi connectivity index (χ0v) is 16.7. The number of hydrogen-bond donors (Lipinski definition) is 0. The van der Waals surface area contributed by atoms with Crippen molar-refractivity contribution in [2.45, 2.75) is 19.3 Å². The predicted octanol–water partition coefficient (Wildman–Crippen LogP) is 5.10. The third-order valence-electron chi connectivity index (χ3n) is 2.15. The molecular weight excluding hydrogens is 565 g/mol. The number of hydrogen-bond acceptors (Lipinski definition) is 1. The first-order chi connectivity index (χ1) is 6.81. The van der Waals surface area contributed by atoms with Crippen molar-refractivity contribution in [3.05, 3.63) is 35.9 Å². The average molecular weight is 578 g/mol. The van der Waals surface area contributed by atoms with Crippen molar-refractivity contribution in [3.8, 4) is 0 Å². The van der Waals surface area contributed by atoms with Crippen molar-refractivity contribution in [1.82, 2.24) is 0 Å². The quantitative estimate of drug-likeness (QED) is 0.358. The fourth-order valence-corrected chi connectivity index (χ4v) is 3.98. The van der Waals surface area contributed by atoms with Gasteiger partial charge in [-0.3, -0.25) is 0 Å². The SMILES string of the molecule is CC(C)(C[O][Ti]([I])([I])[I])c1ccccc1. The molecule has 0 spiro atoms. The van der Waals surface area contributed by atoms with E-state index in [1.165, 1.54) is 5.56 Å². The molecule has 5 heteroatoms. The number of halogens is 3. The van der Waals surface area contributed by atoms with E-state index in [2.05, 4.69) is 102 Å². The van der Waals surface area contributed by atoms with Gasteiger partial charge in [0.05, 0.1) is 0 Å². The molecule has 0 unspecified atom stereocenters. The van der Waals surface area contributed by atoms with E-state index in [0.29, 0.717) is 0 Å². The second kappa shape index (κ2) is 6.31. The monoisotopic (exact) mass is 578 g/mol. The topological polar surface area (TPSA) is 9.23 Å². The van der Waals surface area contributed by atoms with E-state index in [0.717, 1.165) is 6.61 Å². The standard InChI is InChI=1S/C10H13O.3HI.Ti/c1-10(2,8-11)9-6-4-3-5-7-9;;;;/h3-7H,8H2,1-2H3;3*1H;/q-1;;;;+4/p-3. The zero-order valence-electron chi connectivity index (χ0n) is 8.64. The second-order valence-corrected chi connectivity index (χ2v) is 50.1. The van der Waals surface area contributed by atoms with Gasteiger partial charge in [0.2, 0.25) is 0 Å². The molecule has 0 aliphatic heterocycles. The van der Waals surface area contributed by atoms with Gasteiger partial charge in [-0.05, 0) is 0 Å². The third kappa shape index (κ3) is 5.99. The van der Waals surface area contributed by atoms with E-state index in [1.54, 1.807) is 0 Å². The number of rotatable bonds is 4. The van der Waals surface area contributed by atoms with Crippen molar-refractivity contribution in [3.63, 3.8) is 0 Å². The molecule has 1 aromatic carbocycles. The van der Waals surface area contributed by atoms with Crippen LogP contribution in [0.25, 0.3) is 0 Å². The van der Waals surface area contributed by atoms with Crippen LogP contribution in [0.1, 0.15) is 19.4 Å². The predicted molar refractivity (Wildman–Crippen MR) is 87.5 cm³/mol. The maximum absolute atomic E-state index is 6.00. The molecular formula is C10H13I3OTi. The summed E-state index contributed by atoms with van der Waals surface area (Å²) in [5.74, 6) is 0. The number of benzene rings is 1. The van der Waals surface area contributed by atoms with E-state index in [1.807, 2.05) is 0 Å². The van der Waals surface area contributed by atoms with Gasteiger partial charge >= 0.3 is 128 Å². The van der Waals surface area contributed by atoms with Crippen LogP contribution in [0.4, 0.5) is 0 Å². The summed E-state index contributed by atoms with van der Waals surface area (Å²) in [6.45, 7) is 5.28. The summed E-state index contributed by atoms with van der Waals surface area (Å²) in [4.78, 5) is 0. The fraction of sp³-hybridized carbons (Fsp3) is 0.400. The van der Waals surface area contributed by atoms with Gasteiger partial charge in [-0.2, -0.15) is 0 Å². The molecule has 0 fully saturated rings. The summed E-state index contributed by atoms with van der Waals surface area (Å²) in [6.07, 6.45) is 0. The molecule has 1 nitrogen and oxygen atoms in total. The maximum atomic E-state index is 6.00. The van der Waals surface area contributed by atoms with E-state index < -0.39 is 5.73 Å². The molecule has 84 valence electrons. The van der Waals surface area contributed by atoms with E-state index >= 15 is 0 Å². The van der Waals surface area contributed by atoms with Crippen LogP contribution in [0.3, 0.4) is 0 Å². The Balaban J connectivity index is 2.68. The van der Waals surface area contributed by atoms with Crippen LogP contribution < -0.4 is 0 Å². The first-order valence-corrected chi connectivity index (χ1v) is 20.3. The van der Waals surface area contributed by atoms with Gasteiger partial charge in [-0.1, -0.05) is 0 Å². The first-order valence-electron chi connectivity index (χ1n) is 4.57. The van der Waals surface area contributed by atoms with Gasteiger partial charge in [0.1, 0.15) is 0 Å². The average Bonchev–Trinajstić information content (AvgIpc) is 2.16. The van der Waals surface area contributed by atoms with Crippen molar-refractivity contribution < 1.29 is 9.05 Å². The Hall–Kier alpha value is 2.08. The fourth-order valence-electron chi connectivity index (χ4n) is 1.23. The Morgan fingerprint density at radius 1 is 1.13 bits per heavy atom. The molecule has 1 aromatic rings. The normalized spacial score (nSPS) is 12.9. The summed E-state index contributed by atoms with van der Waals surface area (Å²) in [5.41, 5.74) is -0.499. The Kier molecular flexibility index (Phi) is 6.37. The summed E-state index contributed by atoms with van der Waals surface area (Å²) < 4.78 is 6.00. The summed E-state index contributed by atoms with van der Waals surface area (Å²) >= 11 is 7.42. The molecule has 0 aromatic heterocycles. The molecule has 0 bridgehead atoms. The molecule has 0 aliphatic rings. The van der Waals surface area contributed by atoms with Crippen LogP contribution in [-0.2, 0) is 14.5 Å². The van der Waals surface area contributed by atoms with Crippen LogP contribution in [-0.4, -0.2) is 6.61 Å². The van der Waals surface area contributed by atoms with Crippen LogP contribution in [0.5, 0.6) is 0 Å². The van der Waals surface area contributed by atoms with Gasteiger partial charge in [0.15, 0.2) is 0 Å². The third-order valence-corrected chi connectivity index (χ3v) is 6.74. The van der Waals surface area contributed by atoms with Gasteiger partial charge in [0.25, 0.3) is 0 Å². The summed E-state index contributed by atoms with van der Waals surface area (Å²) in [7, 11) is 0.